The molecule has 1 aliphatic rings. The van der Waals surface area contributed by atoms with Gasteiger partial charge in [-0.05, 0) is 80.9 Å². The molecule has 6 aromatic carbocycles. The molecule has 0 aliphatic heterocycles. The van der Waals surface area contributed by atoms with Crippen molar-refractivity contribution < 1.29 is 0 Å². The SMILES string of the molecule is C=C(c1cccc(-c2ccc3c(c2)C(C)(C)c2cc(-c4nc(-c5ccccc5)nc(-c5ccccc5)n4)ccc2-3)c1)c1ccccc1Nc1ccncc1. The number of anilines is 2. The van der Waals surface area contributed by atoms with Gasteiger partial charge < -0.3 is 5.32 Å². The van der Waals surface area contributed by atoms with E-state index in [4.69, 9.17) is 15.0 Å². The molecule has 2 aromatic heterocycles. The lowest BCUT2D eigenvalue weighted by atomic mass is 9.81. The van der Waals surface area contributed by atoms with E-state index in [1.54, 1.807) is 12.4 Å². The Labute approximate surface area is 315 Å². The third-order valence-corrected chi connectivity index (χ3v) is 10.4. The van der Waals surface area contributed by atoms with Crippen LogP contribution in [0.4, 0.5) is 11.4 Å². The number of hydrogen-bond acceptors (Lipinski definition) is 5. The Kier molecular flexibility index (Phi) is 8.24. The van der Waals surface area contributed by atoms with E-state index >= 15 is 0 Å². The van der Waals surface area contributed by atoms with Gasteiger partial charge in [-0.1, -0.05) is 142 Å². The molecule has 5 nitrogen and oxygen atoms in total. The third-order valence-electron chi connectivity index (χ3n) is 10.4. The normalized spacial score (nSPS) is 12.5. The molecule has 2 heterocycles. The first-order valence-corrected chi connectivity index (χ1v) is 18.2. The van der Waals surface area contributed by atoms with Crippen LogP contribution >= 0.6 is 0 Å². The Bertz CT molecular complexity index is 2610. The van der Waals surface area contributed by atoms with Gasteiger partial charge in [0, 0.05) is 51.4 Å². The van der Waals surface area contributed by atoms with E-state index in [0.29, 0.717) is 17.5 Å². The van der Waals surface area contributed by atoms with Crippen LogP contribution in [0.5, 0.6) is 0 Å². The van der Waals surface area contributed by atoms with Crippen LogP contribution < -0.4 is 5.32 Å². The average Bonchev–Trinajstić information content (AvgIpc) is 3.46. The molecule has 258 valence electrons. The summed E-state index contributed by atoms with van der Waals surface area (Å²) in [6, 6.07) is 54.7. The van der Waals surface area contributed by atoms with Crippen LogP contribution in [0.3, 0.4) is 0 Å². The molecule has 0 fully saturated rings. The second-order valence-electron chi connectivity index (χ2n) is 14.1. The van der Waals surface area contributed by atoms with Crippen molar-refractivity contribution in [3.05, 3.63) is 199 Å². The fraction of sp³-hybridized carbons (Fsp3) is 0.0612. The first-order valence-electron chi connectivity index (χ1n) is 18.2. The van der Waals surface area contributed by atoms with Crippen LogP contribution in [0.2, 0.25) is 0 Å². The fourth-order valence-electron chi connectivity index (χ4n) is 7.48. The molecule has 0 spiro atoms. The molecule has 0 unspecified atom stereocenters. The number of nitrogens with zero attached hydrogens (tertiary/aromatic N) is 4. The van der Waals surface area contributed by atoms with E-state index in [0.717, 1.165) is 50.3 Å². The summed E-state index contributed by atoms with van der Waals surface area (Å²) in [5.41, 5.74) is 15.1. The number of aromatic nitrogens is 4. The summed E-state index contributed by atoms with van der Waals surface area (Å²) in [7, 11) is 0. The van der Waals surface area contributed by atoms with Gasteiger partial charge in [-0.15, -0.1) is 0 Å². The monoisotopic (exact) mass is 695 g/mol. The third kappa shape index (κ3) is 6.06. The van der Waals surface area contributed by atoms with Gasteiger partial charge in [0.25, 0.3) is 0 Å². The zero-order valence-corrected chi connectivity index (χ0v) is 30.2. The zero-order chi connectivity index (χ0) is 36.6. The Hall–Kier alpha value is -6.98. The molecular weight excluding hydrogens is 659 g/mol. The lowest BCUT2D eigenvalue weighted by Gasteiger charge is -2.22. The smallest absolute Gasteiger partial charge is 0.164 e. The first kappa shape index (κ1) is 32.9. The highest BCUT2D eigenvalue weighted by Gasteiger charge is 2.36. The Morgan fingerprint density at radius 2 is 1.02 bits per heavy atom. The van der Waals surface area contributed by atoms with Crippen molar-refractivity contribution in [2.24, 2.45) is 0 Å². The molecule has 5 heteroatoms. The Morgan fingerprint density at radius 1 is 0.500 bits per heavy atom. The number of nitrogens with one attached hydrogen (secondary N) is 1. The van der Waals surface area contributed by atoms with E-state index in [1.165, 1.54) is 27.8 Å². The summed E-state index contributed by atoms with van der Waals surface area (Å²) in [5.74, 6) is 1.98. The quantitative estimate of drug-likeness (QED) is 0.171. The van der Waals surface area contributed by atoms with Crippen LogP contribution in [0, 0.1) is 0 Å². The summed E-state index contributed by atoms with van der Waals surface area (Å²) in [5, 5.41) is 3.54. The van der Waals surface area contributed by atoms with Gasteiger partial charge in [0.2, 0.25) is 0 Å². The molecule has 9 rings (SSSR count). The van der Waals surface area contributed by atoms with E-state index in [2.05, 4.69) is 110 Å². The highest BCUT2D eigenvalue weighted by atomic mass is 15.0. The lowest BCUT2D eigenvalue weighted by Crippen LogP contribution is -2.15. The highest BCUT2D eigenvalue weighted by Crippen LogP contribution is 2.50. The summed E-state index contributed by atoms with van der Waals surface area (Å²) < 4.78 is 0. The maximum atomic E-state index is 5.01. The maximum absolute atomic E-state index is 5.01. The number of rotatable bonds is 8. The molecule has 0 bridgehead atoms. The second kappa shape index (κ2) is 13.5. The molecule has 54 heavy (non-hydrogen) atoms. The van der Waals surface area contributed by atoms with Crippen molar-refractivity contribution in [3.63, 3.8) is 0 Å². The topological polar surface area (TPSA) is 63.6 Å². The van der Waals surface area contributed by atoms with Crippen molar-refractivity contribution in [2.75, 3.05) is 5.32 Å². The van der Waals surface area contributed by atoms with Crippen molar-refractivity contribution in [2.45, 2.75) is 19.3 Å². The van der Waals surface area contributed by atoms with Crippen molar-refractivity contribution in [3.8, 4) is 56.4 Å². The van der Waals surface area contributed by atoms with Crippen molar-refractivity contribution >= 4 is 16.9 Å². The number of pyridine rings is 1. The summed E-state index contributed by atoms with van der Waals surface area (Å²) >= 11 is 0. The van der Waals surface area contributed by atoms with Gasteiger partial charge in [-0.3, -0.25) is 4.98 Å². The van der Waals surface area contributed by atoms with Gasteiger partial charge in [0.15, 0.2) is 17.5 Å². The van der Waals surface area contributed by atoms with Gasteiger partial charge in [0.05, 0.1) is 0 Å². The molecule has 8 aromatic rings. The minimum atomic E-state index is -0.243. The molecule has 0 saturated heterocycles. The largest absolute Gasteiger partial charge is 0.355 e. The molecule has 0 saturated carbocycles. The lowest BCUT2D eigenvalue weighted by molar-refractivity contribution is 0.661. The van der Waals surface area contributed by atoms with Crippen molar-refractivity contribution in [1.29, 1.82) is 0 Å². The van der Waals surface area contributed by atoms with E-state index < -0.39 is 0 Å². The standard InChI is InChI=1S/C49H37N5/c1-32(40-19-10-11-20-45(40)51-39-25-27-50-28-26-39)35-17-12-18-36(29-35)37-21-23-41-42-24-22-38(31-44(42)49(2,3)43(41)30-37)48-53-46(33-13-6-4-7-14-33)52-47(54-48)34-15-8-5-9-16-34/h4-31H,1H2,2-3H3,(H,50,51). The number of benzene rings is 6. The maximum Gasteiger partial charge on any atom is 0.164 e. The predicted octanol–water partition coefficient (Wildman–Crippen LogP) is 12.0. The average molecular weight is 696 g/mol. The highest BCUT2D eigenvalue weighted by molar-refractivity contribution is 5.89. The molecule has 1 N–H and O–H groups in total. The van der Waals surface area contributed by atoms with Gasteiger partial charge >= 0.3 is 0 Å². The van der Waals surface area contributed by atoms with E-state index in [-0.39, 0.29) is 5.41 Å². The summed E-state index contributed by atoms with van der Waals surface area (Å²) in [4.78, 5) is 19.1. The molecular formula is C49H37N5. The molecule has 0 radical (unpaired) electrons. The summed E-state index contributed by atoms with van der Waals surface area (Å²) in [6.07, 6.45) is 3.58. The van der Waals surface area contributed by atoms with E-state index in [9.17, 15) is 0 Å². The van der Waals surface area contributed by atoms with Crippen LogP contribution in [-0.2, 0) is 5.41 Å². The van der Waals surface area contributed by atoms with Crippen LogP contribution in [0.1, 0.15) is 36.1 Å². The number of para-hydroxylation sites is 1. The van der Waals surface area contributed by atoms with Gasteiger partial charge in [-0.2, -0.15) is 0 Å². The Balaban J connectivity index is 1.05. The zero-order valence-electron chi connectivity index (χ0n) is 30.2. The minimum Gasteiger partial charge on any atom is -0.355 e. The van der Waals surface area contributed by atoms with E-state index in [1.807, 2.05) is 78.9 Å². The van der Waals surface area contributed by atoms with Gasteiger partial charge in [-0.25, -0.2) is 15.0 Å². The second-order valence-corrected chi connectivity index (χ2v) is 14.1. The first-order chi connectivity index (χ1) is 26.4. The Morgan fingerprint density at radius 3 is 1.67 bits per heavy atom. The molecule has 0 atom stereocenters. The predicted molar refractivity (Wildman–Crippen MR) is 221 cm³/mol. The number of hydrogen-bond donors (Lipinski definition) is 1. The van der Waals surface area contributed by atoms with Crippen LogP contribution in [0.25, 0.3) is 62.0 Å². The van der Waals surface area contributed by atoms with Crippen LogP contribution in [-0.4, -0.2) is 19.9 Å². The molecule has 1 aliphatic carbocycles. The van der Waals surface area contributed by atoms with Crippen LogP contribution in [0.15, 0.2) is 177 Å². The molecule has 0 amide bonds. The van der Waals surface area contributed by atoms with Crippen molar-refractivity contribution in [1.82, 2.24) is 19.9 Å². The fourth-order valence-corrected chi connectivity index (χ4v) is 7.48. The summed E-state index contributed by atoms with van der Waals surface area (Å²) in [6.45, 7) is 9.18. The van der Waals surface area contributed by atoms with Gasteiger partial charge in [0.1, 0.15) is 0 Å². The number of fused-ring (bicyclic) bond motifs is 3. The minimum absolute atomic E-state index is 0.243.